The molecule has 138 valence electrons. The topological polar surface area (TPSA) is 150 Å². The number of aromatic nitrogens is 4. The molecule has 9 nitrogen and oxygen atoms in total. The molecule has 3 aromatic rings. The molecule has 3 unspecified atom stereocenters. The molecule has 0 spiro atoms. The van der Waals surface area contributed by atoms with Crippen LogP contribution in [0.2, 0.25) is 0 Å². The zero-order valence-corrected chi connectivity index (χ0v) is 17.7. The number of nitrogens with zero attached hydrogens (tertiary/aromatic N) is 4. The molecule has 3 rings (SSSR count). The van der Waals surface area contributed by atoms with Gasteiger partial charge >= 0.3 is 29.6 Å². The molecule has 1 aromatic carbocycles. The largest absolute Gasteiger partial charge is 1.00 e. The first-order valence-corrected chi connectivity index (χ1v) is 9.65. The van der Waals surface area contributed by atoms with Crippen molar-refractivity contribution >= 4 is 24.6 Å². The summed E-state index contributed by atoms with van der Waals surface area (Å²) in [6, 6.07) is 8.45. The summed E-state index contributed by atoms with van der Waals surface area (Å²) in [4.78, 5) is 33.7. The molecule has 2 heterocycles. The summed E-state index contributed by atoms with van der Waals surface area (Å²) in [6.07, 6.45) is 2.89. The zero-order valence-electron chi connectivity index (χ0n) is 14.8. The van der Waals surface area contributed by atoms with Crippen molar-refractivity contribution in [1.29, 1.82) is 0 Å². The fraction of sp³-hybridized carbons (Fsp3) is 0.312. The van der Waals surface area contributed by atoms with E-state index in [2.05, 4.69) is 15.0 Å². The number of aliphatic hydroxyl groups is 1. The van der Waals surface area contributed by atoms with Crippen LogP contribution in [-0.2, 0) is 11.1 Å². The fourth-order valence-electron chi connectivity index (χ4n) is 2.97. The monoisotopic (exact) mass is 399 g/mol. The third kappa shape index (κ3) is 5.14. The average Bonchev–Trinajstić information content (AvgIpc) is 3.02. The van der Waals surface area contributed by atoms with E-state index >= 15 is 0 Å². The van der Waals surface area contributed by atoms with Gasteiger partial charge < -0.3 is 29.8 Å². The van der Waals surface area contributed by atoms with E-state index < -0.39 is 19.2 Å². The molecule has 0 saturated carbocycles. The van der Waals surface area contributed by atoms with E-state index in [-0.39, 0.29) is 54.9 Å². The number of anilines is 1. The minimum Gasteiger partial charge on any atom is -0.778 e. The summed E-state index contributed by atoms with van der Waals surface area (Å²) in [7, 11) is -4.64. The van der Waals surface area contributed by atoms with E-state index in [0.717, 1.165) is 0 Å². The van der Waals surface area contributed by atoms with Gasteiger partial charge in [0, 0.05) is 24.7 Å². The quantitative estimate of drug-likeness (QED) is 0.296. The van der Waals surface area contributed by atoms with Gasteiger partial charge in [-0.3, -0.25) is 0 Å². The van der Waals surface area contributed by atoms with Crippen LogP contribution in [0.4, 0.5) is 5.82 Å². The van der Waals surface area contributed by atoms with Crippen LogP contribution in [-0.4, -0.2) is 36.1 Å². The maximum absolute atomic E-state index is 11.9. The van der Waals surface area contributed by atoms with Crippen LogP contribution < -0.4 is 40.2 Å². The molecule has 2 aromatic heterocycles. The molecule has 4 N–H and O–H groups in total. The molecule has 0 aliphatic heterocycles. The van der Waals surface area contributed by atoms with Crippen molar-refractivity contribution in [3.05, 3.63) is 48.5 Å². The van der Waals surface area contributed by atoms with Gasteiger partial charge in [-0.15, -0.1) is 0 Å². The van der Waals surface area contributed by atoms with Crippen molar-refractivity contribution in [2.75, 3.05) is 12.3 Å². The Hall–Kier alpha value is -1.32. The number of rotatable bonds is 7. The Balaban J connectivity index is 0.00000261. The van der Waals surface area contributed by atoms with Crippen molar-refractivity contribution in [2.24, 2.45) is 5.92 Å². The molecule has 0 saturated heterocycles. The number of nitrogens with two attached hydrogens (primary N) is 1. The molecule has 0 amide bonds. The number of nitrogen functional groups attached to an aromatic ring is 1. The van der Waals surface area contributed by atoms with E-state index in [0.29, 0.717) is 16.7 Å². The summed E-state index contributed by atoms with van der Waals surface area (Å²) < 4.78 is 13.6. The van der Waals surface area contributed by atoms with E-state index in [9.17, 15) is 19.5 Å². The third-order valence-corrected chi connectivity index (χ3v) is 5.57. The first-order chi connectivity index (χ1) is 12.4. The van der Waals surface area contributed by atoms with Crippen molar-refractivity contribution < 1.29 is 49.0 Å². The van der Waals surface area contributed by atoms with E-state index in [1.165, 1.54) is 12.7 Å². The summed E-state index contributed by atoms with van der Waals surface area (Å²) in [5.41, 5.74) is 6.08. The smallest absolute Gasteiger partial charge is 0.778 e. The summed E-state index contributed by atoms with van der Waals surface area (Å²) >= 11 is 0. The van der Waals surface area contributed by atoms with Crippen LogP contribution in [0, 0.1) is 5.92 Å². The molecular weight excluding hydrogens is 380 g/mol. The first kappa shape index (κ1) is 22.0. The van der Waals surface area contributed by atoms with Crippen LogP contribution in [0.15, 0.2) is 43.0 Å². The SMILES string of the molecule is Nc1ncnc2c1ncn2CC(CO)CC(c1ccccc1)P(=O)([O-])O.[Na+]. The summed E-state index contributed by atoms with van der Waals surface area (Å²) in [5.74, 6) is -0.195. The van der Waals surface area contributed by atoms with Crippen LogP contribution in [0.5, 0.6) is 0 Å². The van der Waals surface area contributed by atoms with Gasteiger partial charge in [-0.05, 0) is 12.0 Å². The molecule has 3 atom stereocenters. The molecule has 0 aliphatic rings. The molecule has 0 radical (unpaired) electrons. The third-order valence-electron chi connectivity index (χ3n) is 4.28. The van der Waals surface area contributed by atoms with Crippen molar-refractivity contribution in [1.82, 2.24) is 19.5 Å². The van der Waals surface area contributed by atoms with Crippen LogP contribution in [0.25, 0.3) is 11.2 Å². The predicted molar refractivity (Wildman–Crippen MR) is 93.9 cm³/mol. The van der Waals surface area contributed by atoms with Gasteiger partial charge in [0.15, 0.2) is 11.5 Å². The summed E-state index contributed by atoms with van der Waals surface area (Å²) in [6.45, 7) is 0.0103. The van der Waals surface area contributed by atoms with Crippen LogP contribution in [0.3, 0.4) is 0 Å². The maximum atomic E-state index is 11.9. The number of benzene rings is 1. The Morgan fingerprint density at radius 1 is 1.22 bits per heavy atom. The molecule has 0 fully saturated rings. The van der Waals surface area contributed by atoms with Crippen molar-refractivity contribution in [3.63, 3.8) is 0 Å². The standard InChI is InChI=1S/C16H20N5O4P.Na/c17-15-14-16(19-9-18-15)21(10-20-14)7-11(8-22)6-13(26(23,24)25)12-4-2-1-3-5-12;/h1-5,9-11,13,22H,6-8H2,(H2,17,18,19)(H2,23,24,25);/q;+1/p-1. The summed E-state index contributed by atoms with van der Waals surface area (Å²) in [5, 5.41) is 9.75. The Morgan fingerprint density at radius 2 is 1.93 bits per heavy atom. The predicted octanol–water partition coefficient (Wildman–Crippen LogP) is -2.30. The van der Waals surface area contributed by atoms with Gasteiger partial charge in [0.2, 0.25) is 0 Å². The van der Waals surface area contributed by atoms with Gasteiger partial charge in [0.1, 0.15) is 19.4 Å². The Bertz CT molecular complexity index is 933. The zero-order chi connectivity index (χ0) is 18.7. The van der Waals surface area contributed by atoms with E-state index in [1.54, 1.807) is 34.9 Å². The fourth-order valence-corrected chi connectivity index (χ4v) is 4.08. The van der Waals surface area contributed by atoms with E-state index in [4.69, 9.17) is 5.73 Å². The minimum absolute atomic E-state index is 0. The maximum Gasteiger partial charge on any atom is 1.00 e. The van der Waals surface area contributed by atoms with Crippen molar-refractivity contribution in [2.45, 2.75) is 18.6 Å². The number of aliphatic hydroxyl groups excluding tert-OH is 1. The Kier molecular flexibility index (Phi) is 7.53. The number of hydrogen-bond donors (Lipinski definition) is 3. The first-order valence-electron chi connectivity index (χ1n) is 8.00. The number of imidazole rings is 1. The second kappa shape index (κ2) is 9.25. The van der Waals surface area contributed by atoms with Gasteiger partial charge in [-0.25, -0.2) is 15.0 Å². The minimum atomic E-state index is -4.64. The van der Waals surface area contributed by atoms with Gasteiger partial charge in [0.05, 0.1) is 6.33 Å². The van der Waals surface area contributed by atoms with Crippen molar-refractivity contribution in [3.8, 4) is 0 Å². The Labute approximate surface area is 178 Å². The van der Waals surface area contributed by atoms with Crippen LogP contribution in [0.1, 0.15) is 17.6 Å². The van der Waals surface area contributed by atoms with E-state index in [1.807, 2.05) is 0 Å². The molecule has 27 heavy (non-hydrogen) atoms. The molecule has 0 bridgehead atoms. The van der Waals surface area contributed by atoms with Gasteiger partial charge in [0.25, 0.3) is 0 Å². The average molecular weight is 399 g/mol. The van der Waals surface area contributed by atoms with Gasteiger partial charge in [-0.1, -0.05) is 30.3 Å². The van der Waals surface area contributed by atoms with Crippen LogP contribution >= 0.6 is 7.60 Å². The number of hydrogen-bond acceptors (Lipinski definition) is 7. The number of fused-ring (bicyclic) bond motifs is 1. The normalized spacial score (nSPS) is 15.7. The Morgan fingerprint density at radius 3 is 2.56 bits per heavy atom. The van der Waals surface area contributed by atoms with Gasteiger partial charge in [-0.2, -0.15) is 0 Å². The molecular formula is C16H19N5NaO4P. The molecule has 11 heteroatoms. The second-order valence-electron chi connectivity index (χ2n) is 6.10. The second-order valence-corrected chi connectivity index (χ2v) is 7.85. The molecule has 0 aliphatic carbocycles.